The first-order chi connectivity index (χ1) is 13.1. The van der Waals surface area contributed by atoms with Crippen LogP contribution >= 0.6 is 0 Å². The van der Waals surface area contributed by atoms with Gasteiger partial charge < -0.3 is 9.64 Å². The van der Waals surface area contributed by atoms with Crippen molar-refractivity contribution in [1.29, 1.82) is 0 Å². The first kappa shape index (κ1) is 18.6. The number of carbonyl (C=O) groups excluding carboxylic acids is 1. The van der Waals surface area contributed by atoms with Crippen LogP contribution in [0.15, 0.2) is 61.2 Å². The molecule has 0 spiro atoms. The highest BCUT2D eigenvalue weighted by atomic mass is 16.5. The van der Waals surface area contributed by atoms with Gasteiger partial charge in [0.1, 0.15) is 18.4 Å². The minimum Gasteiger partial charge on any atom is -0.493 e. The number of para-hydroxylation sites is 1. The van der Waals surface area contributed by atoms with Gasteiger partial charge in [0.15, 0.2) is 0 Å². The molecule has 0 bridgehead atoms. The van der Waals surface area contributed by atoms with E-state index in [9.17, 15) is 4.79 Å². The first-order valence-electron chi connectivity index (χ1n) is 8.95. The summed E-state index contributed by atoms with van der Waals surface area (Å²) in [4.78, 5) is 18.2. The molecule has 1 aromatic heterocycles. The average Bonchev–Trinajstić information content (AvgIpc) is 3.23. The molecule has 0 saturated carbocycles. The highest BCUT2D eigenvalue weighted by Crippen LogP contribution is 2.21. The number of aromatic nitrogens is 3. The third-order valence-corrected chi connectivity index (χ3v) is 4.70. The van der Waals surface area contributed by atoms with Gasteiger partial charge in [-0.05, 0) is 43.2 Å². The zero-order valence-corrected chi connectivity index (χ0v) is 15.9. The van der Waals surface area contributed by atoms with Crippen molar-refractivity contribution in [2.45, 2.75) is 26.3 Å². The summed E-state index contributed by atoms with van der Waals surface area (Å²) < 4.78 is 7.44. The van der Waals surface area contributed by atoms with E-state index in [2.05, 4.69) is 10.1 Å². The van der Waals surface area contributed by atoms with Gasteiger partial charge in [-0.1, -0.05) is 30.3 Å². The lowest BCUT2D eigenvalue weighted by molar-refractivity contribution is -0.132. The number of benzene rings is 2. The summed E-state index contributed by atoms with van der Waals surface area (Å²) >= 11 is 0. The van der Waals surface area contributed by atoms with Gasteiger partial charge in [-0.25, -0.2) is 9.67 Å². The third-order valence-electron chi connectivity index (χ3n) is 4.70. The lowest BCUT2D eigenvalue weighted by Gasteiger charge is -2.25. The third kappa shape index (κ3) is 4.53. The zero-order chi connectivity index (χ0) is 19.2. The molecule has 0 aliphatic rings. The smallest absolute Gasteiger partial charge is 0.226 e. The minimum atomic E-state index is -0.0271. The van der Waals surface area contributed by atoms with Crippen LogP contribution in [-0.4, -0.2) is 39.2 Å². The van der Waals surface area contributed by atoms with E-state index in [0.717, 1.165) is 22.6 Å². The second-order valence-electron chi connectivity index (χ2n) is 6.48. The predicted octanol–water partition coefficient (Wildman–Crippen LogP) is 3.56. The van der Waals surface area contributed by atoms with E-state index in [1.165, 1.54) is 6.33 Å². The minimum absolute atomic E-state index is 0.0271. The lowest BCUT2D eigenvalue weighted by atomic mass is 10.1. The van der Waals surface area contributed by atoms with Gasteiger partial charge in [-0.2, -0.15) is 5.10 Å². The van der Waals surface area contributed by atoms with Crippen LogP contribution in [0.3, 0.4) is 0 Å². The van der Waals surface area contributed by atoms with Gasteiger partial charge in [0.25, 0.3) is 0 Å². The number of nitrogens with zero attached hydrogens (tertiary/aromatic N) is 4. The molecule has 0 saturated heterocycles. The molecule has 0 aliphatic carbocycles. The first-order valence-corrected chi connectivity index (χ1v) is 8.95. The van der Waals surface area contributed by atoms with E-state index >= 15 is 0 Å². The fourth-order valence-electron chi connectivity index (χ4n) is 2.83. The summed E-state index contributed by atoms with van der Waals surface area (Å²) in [5.74, 6) is 0.876. The molecule has 1 heterocycles. The topological polar surface area (TPSA) is 60.2 Å². The molecule has 3 aromatic rings. The molecule has 0 aliphatic heterocycles. The second kappa shape index (κ2) is 8.49. The maximum Gasteiger partial charge on any atom is 0.226 e. The van der Waals surface area contributed by atoms with E-state index in [1.807, 2.05) is 69.4 Å². The van der Waals surface area contributed by atoms with Crippen molar-refractivity contribution in [3.63, 3.8) is 0 Å². The van der Waals surface area contributed by atoms with Crippen molar-refractivity contribution >= 4 is 5.91 Å². The Balaban J connectivity index is 1.55. The van der Waals surface area contributed by atoms with Gasteiger partial charge in [0.05, 0.1) is 24.8 Å². The van der Waals surface area contributed by atoms with Crippen molar-refractivity contribution in [2.24, 2.45) is 0 Å². The fraction of sp³-hybridized carbons (Fsp3) is 0.286. The number of hydrogen-bond donors (Lipinski definition) is 0. The van der Waals surface area contributed by atoms with E-state index in [-0.39, 0.29) is 11.9 Å². The molecule has 0 fully saturated rings. The van der Waals surface area contributed by atoms with Crippen LogP contribution in [0.5, 0.6) is 5.75 Å². The van der Waals surface area contributed by atoms with Crippen LogP contribution in [0.1, 0.15) is 30.5 Å². The Hall–Kier alpha value is -3.15. The summed E-state index contributed by atoms with van der Waals surface area (Å²) in [6.07, 6.45) is 3.50. The SMILES string of the molecule is Cc1ccccc1OCCC(=O)N(C)[C@H](C)c1ccc(-n2cncn2)cc1. The molecule has 0 N–H and O–H groups in total. The molecule has 0 unspecified atom stereocenters. The van der Waals surface area contributed by atoms with E-state index in [0.29, 0.717) is 13.0 Å². The van der Waals surface area contributed by atoms with E-state index in [1.54, 1.807) is 15.9 Å². The Morgan fingerprint density at radius 2 is 1.93 bits per heavy atom. The average molecular weight is 364 g/mol. The monoisotopic (exact) mass is 364 g/mol. The summed E-state index contributed by atoms with van der Waals surface area (Å²) in [7, 11) is 1.83. The van der Waals surface area contributed by atoms with Crippen LogP contribution in [0.2, 0.25) is 0 Å². The van der Waals surface area contributed by atoms with Gasteiger partial charge in [-0.15, -0.1) is 0 Å². The van der Waals surface area contributed by atoms with Gasteiger partial charge in [0, 0.05) is 7.05 Å². The lowest BCUT2D eigenvalue weighted by Crippen LogP contribution is -2.30. The Morgan fingerprint density at radius 1 is 1.19 bits per heavy atom. The largest absolute Gasteiger partial charge is 0.493 e. The summed E-state index contributed by atoms with van der Waals surface area (Å²) in [6.45, 7) is 4.38. The van der Waals surface area contributed by atoms with Crippen molar-refractivity contribution in [2.75, 3.05) is 13.7 Å². The van der Waals surface area contributed by atoms with Gasteiger partial charge in [0.2, 0.25) is 5.91 Å². The Labute approximate surface area is 159 Å². The number of aryl methyl sites for hydroxylation is 1. The Kier molecular flexibility index (Phi) is 5.86. The number of hydrogen-bond acceptors (Lipinski definition) is 4. The molecule has 1 amide bonds. The molecule has 2 aromatic carbocycles. The van der Waals surface area contributed by atoms with Crippen LogP contribution in [0.4, 0.5) is 0 Å². The quantitative estimate of drug-likeness (QED) is 0.643. The predicted molar refractivity (Wildman–Crippen MR) is 104 cm³/mol. The molecule has 3 rings (SSSR count). The summed E-state index contributed by atoms with van der Waals surface area (Å²) in [6, 6.07) is 15.8. The van der Waals surface area contributed by atoms with Crippen molar-refractivity contribution in [3.8, 4) is 11.4 Å². The van der Waals surface area contributed by atoms with E-state index in [4.69, 9.17) is 4.74 Å². The molecule has 6 heteroatoms. The molecule has 27 heavy (non-hydrogen) atoms. The molecular formula is C21H24N4O2. The zero-order valence-electron chi connectivity index (χ0n) is 15.9. The number of carbonyl (C=O) groups is 1. The summed E-state index contributed by atoms with van der Waals surface area (Å²) in [5.41, 5.74) is 3.07. The standard InChI is InChI=1S/C21H24N4O2/c1-16-6-4-5-7-20(16)27-13-12-21(26)24(3)17(2)18-8-10-19(11-9-18)25-15-22-14-23-25/h4-11,14-15,17H,12-13H2,1-3H3/t17-/m1/s1. The fourth-order valence-corrected chi connectivity index (χ4v) is 2.83. The van der Waals surface area contributed by atoms with Crippen LogP contribution in [0, 0.1) is 6.92 Å². The van der Waals surface area contributed by atoms with Crippen LogP contribution in [0.25, 0.3) is 5.69 Å². The number of amides is 1. The summed E-state index contributed by atoms with van der Waals surface area (Å²) in [5, 5.41) is 4.12. The molecule has 1 atom stereocenters. The van der Waals surface area contributed by atoms with Crippen LogP contribution < -0.4 is 4.74 Å². The molecule has 0 radical (unpaired) electrons. The molecule has 140 valence electrons. The Bertz CT molecular complexity index is 875. The van der Waals surface area contributed by atoms with Gasteiger partial charge >= 0.3 is 0 Å². The number of rotatable bonds is 7. The van der Waals surface area contributed by atoms with E-state index < -0.39 is 0 Å². The van der Waals surface area contributed by atoms with Crippen molar-refractivity contribution in [1.82, 2.24) is 19.7 Å². The maximum absolute atomic E-state index is 12.5. The van der Waals surface area contributed by atoms with Crippen molar-refractivity contribution < 1.29 is 9.53 Å². The number of ether oxygens (including phenoxy) is 1. The highest BCUT2D eigenvalue weighted by molar-refractivity contribution is 5.76. The molecule has 6 nitrogen and oxygen atoms in total. The van der Waals surface area contributed by atoms with Crippen molar-refractivity contribution in [3.05, 3.63) is 72.3 Å². The Morgan fingerprint density at radius 3 is 2.59 bits per heavy atom. The van der Waals surface area contributed by atoms with Crippen LogP contribution in [-0.2, 0) is 4.79 Å². The normalized spacial score (nSPS) is 11.8. The maximum atomic E-state index is 12.5. The highest BCUT2D eigenvalue weighted by Gasteiger charge is 2.17. The van der Waals surface area contributed by atoms with Gasteiger partial charge in [-0.3, -0.25) is 4.79 Å². The molecular weight excluding hydrogens is 340 g/mol. The second-order valence-corrected chi connectivity index (χ2v) is 6.48.